The molecule has 0 unspecified atom stereocenters. The molecule has 0 saturated carbocycles. The second kappa shape index (κ2) is 6.69. The van der Waals surface area contributed by atoms with E-state index in [9.17, 15) is 0 Å². The van der Waals surface area contributed by atoms with Gasteiger partial charge in [-0.15, -0.1) is 0 Å². The molecule has 18 heavy (non-hydrogen) atoms. The lowest BCUT2D eigenvalue weighted by Crippen LogP contribution is -1.86. The Balaban J connectivity index is 2.53. The Bertz CT molecular complexity index is 512. The minimum absolute atomic E-state index is 0.860. The van der Waals surface area contributed by atoms with Crippen molar-refractivity contribution in [1.29, 1.82) is 0 Å². The van der Waals surface area contributed by atoms with Crippen LogP contribution in [0, 0.1) is 0 Å². The summed E-state index contributed by atoms with van der Waals surface area (Å²) in [5, 5.41) is 1.72. The third-order valence-electron chi connectivity index (χ3n) is 2.56. The summed E-state index contributed by atoms with van der Waals surface area (Å²) in [5.74, 6) is 0. The standard InChI is InChI=1S/C14H10Br4/c15-7-9-1-11(5-13(17)3-9)12-2-10(8-16)4-14(18)6-12/h1-6H,7-8H2. The smallest absolute Gasteiger partial charge is 0.0283 e. The topological polar surface area (TPSA) is 0 Å². The summed E-state index contributed by atoms with van der Waals surface area (Å²) < 4.78 is 2.21. The molecule has 2 aromatic carbocycles. The molecule has 0 heterocycles. The lowest BCUT2D eigenvalue weighted by Gasteiger charge is -2.08. The predicted molar refractivity (Wildman–Crippen MR) is 92.5 cm³/mol. The first-order valence-electron chi connectivity index (χ1n) is 5.33. The Labute approximate surface area is 141 Å². The number of halogens is 4. The molecule has 0 saturated heterocycles. The average molecular weight is 498 g/mol. The van der Waals surface area contributed by atoms with Crippen LogP contribution in [0.2, 0.25) is 0 Å². The molecule has 2 aromatic rings. The minimum atomic E-state index is 0.860. The highest BCUT2D eigenvalue weighted by Gasteiger charge is 2.04. The number of benzene rings is 2. The Morgan fingerprint density at radius 3 is 1.33 bits per heavy atom. The van der Waals surface area contributed by atoms with Crippen LogP contribution in [0.1, 0.15) is 11.1 Å². The van der Waals surface area contributed by atoms with E-state index in [-0.39, 0.29) is 0 Å². The number of alkyl halides is 2. The molecular formula is C14H10Br4. The summed E-state index contributed by atoms with van der Waals surface area (Å²) in [7, 11) is 0. The second-order valence-corrected chi connectivity index (χ2v) is 6.92. The molecule has 4 heteroatoms. The van der Waals surface area contributed by atoms with Gasteiger partial charge in [0.1, 0.15) is 0 Å². The maximum Gasteiger partial charge on any atom is 0.0283 e. The van der Waals surface area contributed by atoms with Gasteiger partial charge in [-0.3, -0.25) is 0 Å². The minimum Gasteiger partial charge on any atom is -0.0876 e. The fraction of sp³-hybridized carbons (Fsp3) is 0.143. The maximum atomic E-state index is 3.56. The van der Waals surface area contributed by atoms with E-state index < -0.39 is 0 Å². The average Bonchev–Trinajstić information content (AvgIpc) is 2.37. The zero-order chi connectivity index (χ0) is 13.1. The van der Waals surface area contributed by atoms with Crippen molar-refractivity contribution >= 4 is 63.7 Å². The van der Waals surface area contributed by atoms with Crippen molar-refractivity contribution < 1.29 is 0 Å². The van der Waals surface area contributed by atoms with Crippen LogP contribution in [0.4, 0.5) is 0 Å². The maximum absolute atomic E-state index is 3.56. The first kappa shape index (κ1) is 14.8. The van der Waals surface area contributed by atoms with E-state index in [0.717, 1.165) is 19.6 Å². The van der Waals surface area contributed by atoms with E-state index in [2.05, 4.69) is 100 Å². The van der Waals surface area contributed by atoms with Crippen LogP contribution in [0.25, 0.3) is 11.1 Å². The fourth-order valence-corrected chi connectivity index (χ4v) is 3.52. The van der Waals surface area contributed by atoms with E-state index in [1.54, 1.807) is 0 Å². The molecule has 0 radical (unpaired) electrons. The van der Waals surface area contributed by atoms with Crippen molar-refractivity contribution in [2.45, 2.75) is 10.7 Å². The lowest BCUT2D eigenvalue weighted by atomic mass is 10.0. The summed E-state index contributed by atoms with van der Waals surface area (Å²) >= 11 is 14.1. The first-order chi connectivity index (χ1) is 8.62. The Morgan fingerprint density at radius 2 is 1.00 bits per heavy atom. The van der Waals surface area contributed by atoms with E-state index in [4.69, 9.17) is 0 Å². The molecule has 0 bridgehead atoms. The zero-order valence-electron chi connectivity index (χ0n) is 9.39. The molecule has 0 atom stereocenters. The molecule has 0 aromatic heterocycles. The molecule has 0 amide bonds. The predicted octanol–water partition coefficient (Wildman–Crippen LogP) is 6.67. The van der Waals surface area contributed by atoms with Crippen molar-refractivity contribution in [1.82, 2.24) is 0 Å². The van der Waals surface area contributed by atoms with E-state index in [1.807, 2.05) is 0 Å². The van der Waals surface area contributed by atoms with Crippen LogP contribution in [-0.2, 0) is 10.7 Å². The van der Waals surface area contributed by atoms with E-state index >= 15 is 0 Å². The van der Waals surface area contributed by atoms with Crippen LogP contribution in [0.3, 0.4) is 0 Å². The largest absolute Gasteiger partial charge is 0.0876 e. The first-order valence-corrected chi connectivity index (χ1v) is 9.16. The van der Waals surface area contributed by atoms with Crippen LogP contribution >= 0.6 is 63.7 Å². The summed E-state index contributed by atoms with van der Waals surface area (Å²) in [6, 6.07) is 13.0. The molecule has 0 aliphatic rings. The summed E-state index contributed by atoms with van der Waals surface area (Å²) in [4.78, 5) is 0. The zero-order valence-corrected chi connectivity index (χ0v) is 15.7. The molecule has 0 N–H and O–H groups in total. The van der Waals surface area contributed by atoms with Crippen molar-refractivity contribution in [2.24, 2.45) is 0 Å². The molecule has 0 nitrogen and oxygen atoms in total. The Hall–Kier alpha value is 0.360. The molecule has 0 aliphatic carbocycles. The van der Waals surface area contributed by atoms with Gasteiger partial charge in [0.25, 0.3) is 0 Å². The van der Waals surface area contributed by atoms with Gasteiger partial charge in [-0.2, -0.15) is 0 Å². The highest BCUT2D eigenvalue weighted by atomic mass is 79.9. The van der Waals surface area contributed by atoms with Crippen molar-refractivity contribution in [2.75, 3.05) is 0 Å². The number of hydrogen-bond acceptors (Lipinski definition) is 0. The third kappa shape index (κ3) is 3.69. The Kier molecular flexibility index (Phi) is 5.48. The second-order valence-electron chi connectivity index (χ2n) is 3.96. The molecule has 94 valence electrons. The van der Waals surface area contributed by atoms with Gasteiger partial charge in [0.05, 0.1) is 0 Å². The lowest BCUT2D eigenvalue weighted by molar-refractivity contribution is 1.39. The highest BCUT2D eigenvalue weighted by Crippen LogP contribution is 2.29. The van der Waals surface area contributed by atoms with Gasteiger partial charge >= 0.3 is 0 Å². The van der Waals surface area contributed by atoms with Crippen molar-refractivity contribution in [3.63, 3.8) is 0 Å². The summed E-state index contributed by atoms with van der Waals surface area (Å²) in [5.41, 5.74) is 4.98. The van der Waals surface area contributed by atoms with Gasteiger partial charge in [-0.05, 0) is 46.5 Å². The van der Waals surface area contributed by atoms with Gasteiger partial charge in [0.2, 0.25) is 0 Å². The number of hydrogen-bond donors (Lipinski definition) is 0. The van der Waals surface area contributed by atoms with Gasteiger partial charge in [-0.1, -0.05) is 75.9 Å². The van der Waals surface area contributed by atoms with Gasteiger partial charge < -0.3 is 0 Å². The SMILES string of the molecule is BrCc1cc(Br)cc(-c2cc(Br)cc(CBr)c2)c1. The van der Waals surface area contributed by atoms with E-state index in [0.29, 0.717) is 0 Å². The third-order valence-corrected chi connectivity index (χ3v) is 4.77. The van der Waals surface area contributed by atoms with Gasteiger partial charge in [0.15, 0.2) is 0 Å². The summed E-state index contributed by atoms with van der Waals surface area (Å²) in [6.07, 6.45) is 0. The van der Waals surface area contributed by atoms with Crippen molar-refractivity contribution in [3.05, 3.63) is 56.5 Å². The molecular weight excluding hydrogens is 488 g/mol. The quantitative estimate of drug-likeness (QED) is 0.416. The van der Waals surface area contributed by atoms with Crippen LogP contribution in [0.15, 0.2) is 45.3 Å². The van der Waals surface area contributed by atoms with Crippen LogP contribution < -0.4 is 0 Å². The van der Waals surface area contributed by atoms with E-state index in [1.165, 1.54) is 22.3 Å². The van der Waals surface area contributed by atoms with Crippen molar-refractivity contribution in [3.8, 4) is 11.1 Å². The fourth-order valence-electron chi connectivity index (χ4n) is 1.79. The highest BCUT2D eigenvalue weighted by molar-refractivity contribution is 9.11. The monoisotopic (exact) mass is 494 g/mol. The normalized spacial score (nSPS) is 10.7. The Morgan fingerprint density at radius 1 is 0.611 bits per heavy atom. The van der Waals surface area contributed by atoms with Crippen LogP contribution in [0.5, 0.6) is 0 Å². The molecule has 2 rings (SSSR count). The molecule has 0 aliphatic heterocycles. The molecule has 0 spiro atoms. The van der Waals surface area contributed by atoms with Gasteiger partial charge in [-0.25, -0.2) is 0 Å². The van der Waals surface area contributed by atoms with Gasteiger partial charge in [0, 0.05) is 19.6 Å². The number of rotatable bonds is 3. The van der Waals surface area contributed by atoms with Crippen LogP contribution in [-0.4, -0.2) is 0 Å². The molecule has 0 fully saturated rings. The summed E-state index contributed by atoms with van der Waals surface area (Å²) in [6.45, 7) is 0.